The second kappa shape index (κ2) is 5.56. The van der Waals surface area contributed by atoms with E-state index in [1.807, 2.05) is 0 Å². The maximum absolute atomic E-state index is 10.8. The van der Waals surface area contributed by atoms with E-state index in [-0.39, 0.29) is 6.42 Å². The summed E-state index contributed by atoms with van der Waals surface area (Å²) < 4.78 is 4.34. The van der Waals surface area contributed by atoms with Crippen LogP contribution in [0.5, 0.6) is 0 Å². The van der Waals surface area contributed by atoms with Gasteiger partial charge in [0.25, 0.3) is 0 Å². The number of aliphatic hydroxyl groups is 1. The highest BCUT2D eigenvalue weighted by molar-refractivity contribution is 5.75. The fraction of sp³-hybridized carbons (Fsp3) is 0.750. The van der Waals surface area contributed by atoms with Crippen LogP contribution in [0.4, 0.5) is 0 Å². The molecule has 0 aliphatic carbocycles. The van der Waals surface area contributed by atoms with Crippen LogP contribution in [0.3, 0.4) is 0 Å². The van der Waals surface area contributed by atoms with Crippen molar-refractivity contribution in [2.75, 3.05) is 7.11 Å². The van der Waals surface area contributed by atoms with E-state index in [1.165, 1.54) is 14.0 Å². The molecule has 4 N–H and O–H groups in total. The van der Waals surface area contributed by atoms with Crippen molar-refractivity contribution in [2.24, 2.45) is 11.7 Å². The largest absolute Gasteiger partial charge is 0.481 e. The van der Waals surface area contributed by atoms with Gasteiger partial charge in [-0.1, -0.05) is 0 Å². The highest BCUT2D eigenvalue weighted by atomic mass is 16.5. The molecule has 0 spiro atoms. The quantitative estimate of drug-likeness (QED) is 0.494. The molecule has 0 heterocycles. The van der Waals surface area contributed by atoms with Crippen molar-refractivity contribution in [2.45, 2.75) is 25.5 Å². The Balaban J connectivity index is 4.37. The molecular weight excluding hydrogens is 190 g/mol. The Morgan fingerprint density at radius 3 is 2.29 bits per heavy atom. The van der Waals surface area contributed by atoms with Gasteiger partial charge in [-0.15, -0.1) is 0 Å². The molecular formula is C8H15NO5. The second-order valence-corrected chi connectivity index (χ2v) is 3.05. The first kappa shape index (κ1) is 12.9. The third-order valence-electron chi connectivity index (χ3n) is 1.90. The number of esters is 1. The van der Waals surface area contributed by atoms with Gasteiger partial charge in [-0.25, -0.2) is 0 Å². The molecule has 3 atom stereocenters. The Morgan fingerprint density at radius 1 is 1.50 bits per heavy atom. The van der Waals surface area contributed by atoms with Gasteiger partial charge < -0.3 is 20.7 Å². The molecule has 0 unspecified atom stereocenters. The first-order valence-corrected chi connectivity index (χ1v) is 4.13. The van der Waals surface area contributed by atoms with E-state index in [4.69, 9.17) is 15.9 Å². The molecule has 0 radical (unpaired) electrons. The van der Waals surface area contributed by atoms with Gasteiger partial charge in [-0.3, -0.25) is 9.59 Å². The molecule has 0 aliphatic rings. The lowest BCUT2D eigenvalue weighted by Crippen LogP contribution is -2.43. The second-order valence-electron chi connectivity index (χ2n) is 3.05. The van der Waals surface area contributed by atoms with Crippen LogP contribution in [0.15, 0.2) is 0 Å². The van der Waals surface area contributed by atoms with Crippen molar-refractivity contribution in [3.8, 4) is 0 Å². The molecule has 0 aliphatic heterocycles. The molecule has 0 aromatic rings. The fourth-order valence-electron chi connectivity index (χ4n) is 1.15. The van der Waals surface area contributed by atoms with Gasteiger partial charge in [0.1, 0.15) is 0 Å². The highest BCUT2D eigenvalue weighted by Gasteiger charge is 2.31. The monoisotopic (exact) mass is 205 g/mol. The number of aliphatic hydroxyl groups excluding tert-OH is 1. The van der Waals surface area contributed by atoms with E-state index < -0.39 is 30.0 Å². The minimum absolute atomic E-state index is 0.224. The number of carboxylic acid groups (broad SMARTS) is 1. The van der Waals surface area contributed by atoms with Crippen LogP contribution in [0.25, 0.3) is 0 Å². The Morgan fingerprint density at radius 2 is 2.00 bits per heavy atom. The summed E-state index contributed by atoms with van der Waals surface area (Å²) in [7, 11) is 1.19. The first-order valence-electron chi connectivity index (χ1n) is 4.13. The number of hydrogen-bond donors (Lipinski definition) is 3. The number of carboxylic acids is 1. The zero-order chi connectivity index (χ0) is 11.3. The van der Waals surface area contributed by atoms with Gasteiger partial charge in [-0.05, 0) is 6.92 Å². The number of rotatable bonds is 5. The summed E-state index contributed by atoms with van der Waals surface area (Å²) in [5.74, 6) is -2.98. The lowest BCUT2D eigenvalue weighted by Gasteiger charge is -2.21. The molecule has 6 nitrogen and oxygen atoms in total. The van der Waals surface area contributed by atoms with Gasteiger partial charge in [-0.2, -0.15) is 0 Å². The van der Waals surface area contributed by atoms with E-state index in [0.717, 1.165) is 0 Å². The summed E-state index contributed by atoms with van der Waals surface area (Å²) in [6.07, 6.45) is -1.33. The predicted octanol–water partition coefficient (Wildman–Crippen LogP) is -1.04. The molecule has 14 heavy (non-hydrogen) atoms. The Bertz CT molecular complexity index is 216. The fourth-order valence-corrected chi connectivity index (χ4v) is 1.15. The van der Waals surface area contributed by atoms with Crippen molar-refractivity contribution in [3.63, 3.8) is 0 Å². The minimum Gasteiger partial charge on any atom is -0.481 e. The zero-order valence-electron chi connectivity index (χ0n) is 8.14. The lowest BCUT2D eigenvalue weighted by molar-refractivity contribution is -0.148. The average Bonchev–Trinajstić information content (AvgIpc) is 2.02. The maximum atomic E-state index is 10.8. The number of ether oxygens (including phenoxy) is 1. The van der Waals surface area contributed by atoms with Gasteiger partial charge in [0.2, 0.25) is 0 Å². The van der Waals surface area contributed by atoms with Gasteiger partial charge in [0.15, 0.2) is 0 Å². The number of carbonyl (C=O) groups excluding carboxylic acids is 1. The molecule has 6 heteroatoms. The molecule has 0 fully saturated rings. The highest BCUT2D eigenvalue weighted by Crippen LogP contribution is 2.11. The van der Waals surface area contributed by atoms with Crippen LogP contribution in [-0.2, 0) is 14.3 Å². The van der Waals surface area contributed by atoms with Crippen molar-refractivity contribution in [1.82, 2.24) is 0 Å². The van der Waals surface area contributed by atoms with Crippen LogP contribution in [0.2, 0.25) is 0 Å². The molecule has 0 saturated carbocycles. The van der Waals surface area contributed by atoms with Gasteiger partial charge in [0.05, 0.1) is 25.6 Å². The Labute approximate surface area is 81.7 Å². The Hall–Kier alpha value is -1.14. The van der Waals surface area contributed by atoms with Crippen LogP contribution in [0, 0.1) is 5.92 Å². The molecule has 82 valence electrons. The molecule has 0 bridgehead atoms. The number of nitrogens with two attached hydrogens (primary N) is 1. The van der Waals surface area contributed by atoms with Crippen LogP contribution >= 0.6 is 0 Å². The number of carbonyl (C=O) groups is 2. The summed E-state index contributed by atoms with van der Waals surface area (Å²) in [5, 5.41) is 17.8. The van der Waals surface area contributed by atoms with Crippen LogP contribution in [-0.4, -0.2) is 41.4 Å². The molecule has 0 aromatic carbocycles. The molecule has 0 saturated heterocycles. The van der Waals surface area contributed by atoms with Crippen molar-refractivity contribution >= 4 is 11.9 Å². The number of methoxy groups -OCH3 is 1. The SMILES string of the molecule is COC(=O)C[C@@H](N)[C@H](C(=O)O)[C@@H](C)O. The molecule has 0 aromatic heterocycles. The summed E-state index contributed by atoms with van der Waals surface area (Å²) >= 11 is 0. The Kier molecular flexibility index (Phi) is 5.11. The first-order chi connectivity index (χ1) is 6.40. The maximum Gasteiger partial charge on any atom is 0.310 e. The van der Waals surface area contributed by atoms with Crippen LogP contribution < -0.4 is 5.73 Å². The third kappa shape index (κ3) is 3.71. The van der Waals surface area contributed by atoms with Crippen molar-refractivity contribution in [1.29, 1.82) is 0 Å². The van der Waals surface area contributed by atoms with E-state index >= 15 is 0 Å². The van der Waals surface area contributed by atoms with Crippen LogP contribution in [0.1, 0.15) is 13.3 Å². The molecule has 0 rings (SSSR count). The predicted molar refractivity (Wildman–Crippen MR) is 47.4 cm³/mol. The lowest BCUT2D eigenvalue weighted by atomic mass is 9.93. The van der Waals surface area contributed by atoms with E-state index in [9.17, 15) is 9.59 Å². The average molecular weight is 205 g/mol. The van der Waals surface area contributed by atoms with Gasteiger partial charge >= 0.3 is 11.9 Å². The summed E-state index contributed by atoms with van der Waals surface area (Å²) in [6, 6.07) is -0.944. The van der Waals surface area contributed by atoms with Crippen molar-refractivity contribution < 1.29 is 24.5 Å². The van der Waals surface area contributed by atoms with Crippen molar-refractivity contribution in [3.05, 3.63) is 0 Å². The van der Waals surface area contributed by atoms with E-state index in [2.05, 4.69) is 4.74 Å². The normalized spacial score (nSPS) is 16.9. The smallest absolute Gasteiger partial charge is 0.310 e. The summed E-state index contributed by atoms with van der Waals surface area (Å²) in [6.45, 7) is 1.32. The third-order valence-corrected chi connectivity index (χ3v) is 1.90. The summed E-state index contributed by atoms with van der Waals surface area (Å²) in [5.41, 5.74) is 5.45. The topological polar surface area (TPSA) is 110 Å². The van der Waals surface area contributed by atoms with E-state index in [0.29, 0.717) is 0 Å². The molecule has 0 amide bonds. The number of aliphatic carboxylic acids is 1. The minimum atomic E-state index is -1.23. The standard InChI is InChI=1S/C8H15NO5/c1-4(10)7(8(12)13)5(9)3-6(11)14-2/h4-5,7,10H,3,9H2,1-2H3,(H,12,13)/t4-,5-,7-/m1/s1. The summed E-state index contributed by atoms with van der Waals surface area (Å²) in [4.78, 5) is 21.5. The number of hydrogen-bond acceptors (Lipinski definition) is 5. The van der Waals surface area contributed by atoms with Gasteiger partial charge in [0, 0.05) is 6.04 Å². The van der Waals surface area contributed by atoms with E-state index in [1.54, 1.807) is 0 Å². The zero-order valence-corrected chi connectivity index (χ0v) is 8.14.